The zero-order valence-corrected chi connectivity index (χ0v) is 13.8. The zero-order valence-electron chi connectivity index (χ0n) is 13.8. The van der Waals surface area contributed by atoms with Gasteiger partial charge in [0.1, 0.15) is 11.3 Å². The number of fused-ring (bicyclic) bond motifs is 1. The maximum Gasteiger partial charge on any atom is 0.223 e. The van der Waals surface area contributed by atoms with Gasteiger partial charge >= 0.3 is 0 Å². The number of para-hydroxylation sites is 1. The molecule has 3 rings (SSSR count). The van der Waals surface area contributed by atoms with Gasteiger partial charge in [0.2, 0.25) is 11.8 Å². The van der Waals surface area contributed by atoms with Crippen LogP contribution in [0.2, 0.25) is 0 Å². The molecule has 1 N–H and O–H groups in total. The maximum absolute atomic E-state index is 12.1. The van der Waals surface area contributed by atoms with Crippen LogP contribution in [0.25, 0.3) is 11.0 Å². The summed E-state index contributed by atoms with van der Waals surface area (Å²) < 4.78 is 11.0. The molecule has 0 saturated carbocycles. The molecule has 2 aromatic rings. The van der Waals surface area contributed by atoms with Crippen molar-refractivity contribution in [2.24, 2.45) is 0 Å². The van der Waals surface area contributed by atoms with E-state index in [-0.39, 0.29) is 30.7 Å². The van der Waals surface area contributed by atoms with Gasteiger partial charge in [0.05, 0.1) is 19.3 Å². The molecule has 0 spiro atoms. The SMILES string of the molecule is C[C@H](NC(=O)CCC(=O)N1CCOCC1)c1cc2ccccc2o1. The Labute approximate surface area is 140 Å². The largest absolute Gasteiger partial charge is 0.459 e. The van der Waals surface area contributed by atoms with E-state index in [4.69, 9.17) is 9.15 Å². The number of carbonyl (C=O) groups is 2. The van der Waals surface area contributed by atoms with Crippen molar-refractivity contribution in [3.05, 3.63) is 36.1 Å². The third kappa shape index (κ3) is 3.94. The number of rotatable bonds is 5. The molecular formula is C18H22N2O4. The van der Waals surface area contributed by atoms with E-state index in [1.165, 1.54) is 0 Å². The number of benzene rings is 1. The smallest absolute Gasteiger partial charge is 0.223 e. The number of morpholine rings is 1. The fraction of sp³-hybridized carbons (Fsp3) is 0.444. The first kappa shape index (κ1) is 16.5. The molecule has 1 saturated heterocycles. The molecule has 1 fully saturated rings. The highest BCUT2D eigenvalue weighted by atomic mass is 16.5. The Hall–Kier alpha value is -2.34. The van der Waals surface area contributed by atoms with Gasteiger partial charge in [0, 0.05) is 31.3 Å². The van der Waals surface area contributed by atoms with E-state index in [0.717, 1.165) is 11.0 Å². The summed E-state index contributed by atoms with van der Waals surface area (Å²) >= 11 is 0. The predicted octanol–water partition coefficient (Wildman–Crippen LogP) is 2.25. The second-order valence-corrected chi connectivity index (χ2v) is 5.97. The van der Waals surface area contributed by atoms with Gasteiger partial charge in [-0.3, -0.25) is 9.59 Å². The van der Waals surface area contributed by atoms with E-state index in [9.17, 15) is 9.59 Å². The number of hydrogen-bond donors (Lipinski definition) is 1. The van der Waals surface area contributed by atoms with Crippen molar-refractivity contribution in [1.29, 1.82) is 0 Å². The number of carbonyl (C=O) groups excluding carboxylic acids is 2. The molecule has 6 nitrogen and oxygen atoms in total. The van der Waals surface area contributed by atoms with Crippen LogP contribution in [-0.4, -0.2) is 43.0 Å². The minimum absolute atomic E-state index is 0.00448. The van der Waals surface area contributed by atoms with Crippen LogP contribution in [0.5, 0.6) is 0 Å². The van der Waals surface area contributed by atoms with Gasteiger partial charge in [-0.05, 0) is 19.1 Å². The molecule has 1 atom stereocenters. The topological polar surface area (TPSA) is 71.8 Å². The number of amides is 2. The normalized spacial score (nSPS) is 16.1. The van der Waals surface area contributed by atoms with Gasteiger partial charge in [-0.2, -0.15) is 0 Å². The monoisotopic (exact) mass is 330 g/mol. The van der Waals surface area contributed by atoms with Gasteiger partial charge < -0.3 is 19.4 Å². The molecule has 6 heteroatoms. The van der Waals surface area contributed by atoms with Crippen molar-refractivity contribution >= 4 is 22.8 Å². The minimum Gasteiger partial charge on any atom is -0.459 e. The van der Waals surface area contributed by atoms with Crippen LogP contribution in [-0.2, 0) is 14.3 Å². The second kappa shape index (κ2) is 7.49. The second-order valence-electron chi connectivity index (χ2n) is 5.97. The molecule has 1 aromatic heterocycles. The minimum atomic E-state index is -0.233. The number of hydrogen-bond acceptors (Lipinski definition) is 4. The molecule has 2 amide bonds. The van der Waals surface area contributed by atoms with Gasteiger partial charge in [-0.1, -0.05) is 18.2 Å². The molecule has 24 heavy (non-hydrogen) atoms. The molecule has 1 aliphatic heterocycles. The Balaban J connectivity index is 1.49. The summed E-state index contributed by atoms with van der Waals surface area (Å²) in [6.45, 7) is 4.23. The van der Waals surface area contributed by atoms with Crippen LogP contribution in [0.1, 0.15) is 31.6 Å². The van der Waals surface area contributed by atoms with E-state index < -0.39 is 0 Å². The van der Waals surface area contributed by atoms with Crippen LogP contribution in [0.4, 0.5) is 0 Å². The zero-order chi connectivity index (χ0) is 16.9. The average molecular weight is 330 g/mol. The van der Waals surface area contributed by atoms with Crippen LogP contribution in [0, 0.1) is 0 Å². The lowest BCUT2D eigenvalue weighted by Gasteiger charge is -2.26. The summed E-state index contributed by atoms with van der Waals surface area (Å²) in [5.74, 6) is 0.568. The van der Waals surface area contributed by atoms with Gasteiger partial charge in [-0.15, -0.1) is 0 Å². The van der Waals surface area contributed by atoms with Crippen molar-refractivity contribution in [2.75, 3.05) is 26.3 Å². The fourth-order valence-electron chi connectivity index (χ4n) is 2.79. The van der Waals surface area contributed by atoms with E-state index in [0.29, 0.717) is 32.1 Å². The molecule has 128 valence electrons. The van der Waals surface area contributed by atoms with Gasteiger partial charge in [0.15, 0.2) is 0 Å². The molecular weight excluding hydrogens is 308 g/mol. The van der Waals surface area contributed by atoms with Gasteiger partial charge in [-0.25, -0.2) is 0 Å². The Morgan fingerprint density at radius 3 is 2.71 bits per heavy atom. The third-order valence-corrected chi connectivity index (χ3v) is 4.18. The van der Waals surface area contributed by atoms with E-state index >= 15 is 0 Å². The average Bonchev–Trinajstić information content (AvgIpc) is 3.05. The molecule has 2 heterocycles. The van der Waals surface area contributed by atoms with Crippen molar-refractivity contribution in [3.63, 3.8) is 0 Å². The van der Waals surface area contributed by atoms with Crippen molar-refractivity contribution < 1.29 is 18.7 Å². The number of furan rings is 1. The maximum atomic E-state index is 12.1. The molecule has 0 unspecified atom stereocenters. The van der Waals surface area contributed by atoms with E-state index in [2.05, 4.69) is 5.32 Å². The Bertz CT molecular complexity index is 686. The number of nitrogens with one attached hydrogen (secondary N) is 1. The first-order valence-electron chi connectivity index (χ1n) is 8.27. The first-order valence-corrected chi connectivity index (χ1v) is 8.27. The molecule has 1 aromatic carbocycles. The number of ether oxygens (including phenoxy) is 1. The van der Waals surface area contributed by atoms with Crippen molar-refractivity contribution in [1.82, 2.24) is 10.2 Å². The van der Waals surface area contributed by atoms with Crippen LogP contribution >= 0.6 is 0 Å². The standard InChI is InChI=1S/C18H22N2O4/c1-13(16-12-14-4-2-3-5-15(14)24-16)19-17(21)6-7-18(22)20-8-10-23-11-9-20/h2-5,12-13H,6-11H2,1H3,(H,19,21)/t13-/m0/s1. The summed E-state index contributed by atoms with van der Waals surface area (Å²) in [6, 6.07) is 9.42. The highest BCUT2D eigenvalue weighted by Crippen LogP contribution is 2.23. The summed E-state index contributed by atoms with van der Waals surface area (Å²) in [6.07, 6.45) is 0.402. The lowest BCUT2D eigenvalue weighted by Crippen LogP contribution is -2.41. The van der Waals surface area contributed by atoms with Crippen LogP contribution in [0.3, 0.4) is 0 Å². The Morgan fingerprint density at radius 1 is 1.21 bits per heavy atom. The summed E-state index contributed by atoms with van der Waals surface area (Å²) in [5.41, 5.74) is 0.802. The summed E-state index contributed by atoms with van der Waals surface area (Å²) in [5, 5.41) is 3.90. The molecule has 0 aliphatic carbocycles. The quantitative estimate of drug-likeness (QED) is 0.913. The van der Waals surface area contributed by atoms with E-state index in [1.807, 2.05) is 37.3 Å². The van der Waals surface area contributed by atoms with Crippen LogP contribution < -0.4 is 5.32 Å². The molecule has 0 radical (unpaired) electrons. The molecule has 0 bridgehead atoms. The van der Waals surface area contributed by atoms with Crippen molar-refractivity contribution in [3.8, 4) is 0 Å². The highest BCUT2D eigenvalue weighted by Gasteiger charge is 2.19. The van der Waals surface area contributed by atoms with Gasteiger partial charge in [0.25, 0.3) is 0 Å². The fourth-order valence-corrected chi connectivity index (χ4v) is 2.79. The highest BCUT2D eigenvalue weighted by molar-refractivity contribution is 5.84. The Kier molecular flexibility index (Phi) is 5.15. The van der Waals surface area contributed by atoms with E-state index in [1.54, 1.807) is 4.90 Å². The predicted molar refractivity (Wildman–Crippen MR) is 89.4 cm³/mol. The summed E-state index contributed by atoms with van der Waals surface area (Å²) in [7, 11) is 0. The number of nitrogens with zero attached hydrogens (tertiary/aromatic N) is 1. The lowest BCUT2D eigenvalue weighted by molar-refractivity contribution is -0.137. The Morgan fingerprint density at radius 2 is 1.96 bits per heavy atom. The molecule has 1 aliphatic rings. The summed E-state index contributed by atoms with van der Waals surface area (Å²) in [4.78, 5) is 25.9. The van der Waals surface area contributed by atoms with Crippen molar-refractivity contribution in [2.45, 2.75) is 25.8 Å². The van der Waals surface area contributed by atoms with Crippen LogP contribution in [0.15, 0.2) is 34.7 Å². The third-order valence-electron chi connectivity index (χ3n) is 4.18. The first-order chi connectivity index (χ1) is 11.6. The lowest BCUT2D eigenvalue weighted by atomic mass is 10.2.